The van der Waals surface area contributed by atoms with Crippen LogP contribution in [-0.4, -0.2) is 27.6 Å². The molecule has 0 saturated carbocycles. The van der Waals surface area contributed by atoms with Crippen molar-refractivity contribution >= 4 is 33.9 Å². The van der Waals surface area contributed by atoms with Gasteiger partial charge in [-0.1, -0.05) is 60.7 Å². The van der Waals surface area contributed by atoms with Gasteiger partial charge < -0.3 is 20.4 Å². The second-order valence-corrected chi connectivity index (χ2v) is 8.15. The van der Waals surface area contributed by atoms with Gasteiger partial charge in [-0.05, 0) is 30.7 Å². The quantitative estimate of drug-likeness (QED) is 0.390. The number of nitrogens with zero attached hydrogens (tertiary/aromatic N) is 3. The Morgan fingerprint density at radius 2 is 1.62 bits per heavy atom. The Balaban J connectivity index is 1.64. The summed E-state index contributed by atoms with van der Waals surface area (Å²) in [5, 5.41) is 3.07. The molecule has 0 fully saturated rings. The molecule has 0 spiro atoms. The summed E-state index contributed by atoms with van der Waals surface area (Å²) < 4.78 is 7.35. The normalized spacial score (nSPS) is 12.1. The van der Waals surface area contributed by atoms with E-state index >= 15 is 0 Å². The number of rotatable bonds is 6. The van der Waals surface area contributed by atoms with Crippen LogP contribution < -0.4 is 15.8 Å². The van der Waals surface area contributed by atoms with E-state index in [2.05, 4.69) is 5.32 Å². The van der Waals surface area contributed by atoms with Crippen molar-refractivity contribution in [3.05, 3.63) is 95.6 Å². The van der Waals surface area contributed by atoms with Crippen LogP contribution in [0.2, 0.25) is 0 Å². The van der Waals surface area contributed by atoms with E-state index in [0.29, 0.717) is 34.6 Å². The molecule has 0 unspecified atom stereocenters. The van der Waals surface area contributed by atoms with Crippen molar-refractivity contribution in [2.24, 2.45) is 0 Å². The Labute approximate surface area is 197 Å². The number of nitrogens with one attached hydrogen (secondary N) is 1. The molecule has 7 nitrogen and oxygen atoms in total. The fourth-order valence-corrected chi connectivity index (χ4v) is 4.20. The summed E-state index contributed by atoms with van der Waals surface area (Å²) in [5.41, 5.74) is 11.3. The highest BCUT2D eigenvalue weighted by molar-refractivity contribution is 6.10. The number of hydrogen-bond acceptors (Lipinski definition) is 5. The summed E-state index contributed by atoms with van der Waals surface area (Å²) in [6.45, 7) is 2.33. The molecule has 5 aromatic rings. The highest BCUT2D eigenvalue weighted by Gasteiger charge is 2.25. The summed E-state index contributed by atoms with van der Waals surface area (Å²) in [5.74, 6) is 0.761. The van der Waals surface area contributed by atoms with E-state index in [1.807, 2.05) is 90.4 Å². The summed E-state index contributed by atoms with van der Waals surface area (Å²) in [6, 6.07) is 24.9. The molecule has 7 heteroatoms. The molecular weight excluding hydrogens is 426 g/mol. The van der Waals surface area contributed by atoms with Gasteiger partial charge in [0.15, 0.2) is 5.65 Å². The molecule has 0 bridgehead atoms. The van der Waals surface area contributed by atoms with Crippen LogP contribution in [0.4, 0.5) is 5.82 Å². The molecule has 2 aromatic heterocycles. The fourth-order valence-electron chi connectivity index (χ4n) is 4.20. The number of nitrogen functional groups attached to an aromatic ring is 1. The Morgan fingerprint density at radius 3 is 2.35 bits per heavy atom. The molecule has 0 saturated heterocycles. The van der Waals surface area contributed by atoms with Crippen molar-refractivity contribution in [1.29, 1.82) is 0 Å². The lowest BCUT2D eigenvalue weighted by Gasteiger charge is -2.14. The second-order valence-electron chi connectivity index (χ2n) is 8.15. The summed E-state index contributed by atoms with van der Waals surface area (Å²) in [7, 11) is 1.63. The first-order valence-electron chi connectivity index (χ1n) is 11.1. The largest absolute Gasteiger partial charge is 0.496 e. The molecule has 3 aromatic carbocycles. The Morgan fingerprint density at radius 1 is 0.971 bits per heavy atom. The third-order valence-corrected chi connectivity index (χ3v) is 5.99. The zero-order chi connectivity index (χ0) is 23.7. The van der Waals surface area contributed by atoms with Gasteiger partial charge in [0.05, 0.1) is 30.7 Å². The van der Waals surface area contributed by atoms with Crippen molar-refractivity contribution in [3.63, 3.8) is 0 Å². The number of hydrogen-bond donors (Lipinski definition) is 2. The van der Waals surface area contributed by atoms with Gasteiger partial charge in [0.25, 0.3) is 5.91 Å². The van der Waals surface area contributed by atoms with Gasteiger partial charge >= 0.3 is 0 Å². The highest BCUT2D eigenvalue weighted by atomic mass is 16.5. The first-order chi connectivity index (χ1) is 16.6. The van der Waals surface area contributed by atoms with Crippen molar-refractivity contribution in [3.8, 4) is 5.75 Å². The van der Waals surface area contributed by atoms with E-state index in [0.717, 1.165) is 22.4 Å². The maximum absolute atomic E-state index is 13.5. The minimum Gasteiger partial charge on any atom is -0.496 e. The molecule has 5 rings (SSSR count). The minimum absolute atomic E-state index is 0.200. The standard InChI is InChI=1S/C27H25N5O2/c1-17(18-10-4-3-5-11-18)29-27(33)23-24-26(31-21-14-8-7-13-20(21)30-24)32(25(23)28)16-19-12-6-9-15-22(19)34-2/h3-15,17H,16,28H2,1-2H3,(H,29,33)/t17-/m1/s1. The van der Waals surface area contributed by atoms with E-state index in [-0.39, 0.29) is 11.9 Å². The number of anilines is 1. The number of methoxy groups -OCH3 is 1. The number of carbonyl (C=O) groups is 1. The molecule has 34 heavy (non-hydrogen) atoms. The number of nitrogens with two attached hydrogens (primary N) is 1. The molecular formula is C27H25N5O2. The average molecular weight is 452 g/mol. The van der Waals surface area contributed by atoms with E-state index < -0.39 is 0 Å². The number of fused-ring (bicyclic) bond motifs is 2. The van der Waals surface area contributed by atoms with Gasteiger partial charge in [-0.3, -0.25) is 4.79 Å². The topological polar surface area (TPSA) is 95.1 Å². The first kappa shape index (κ1) is 21.5. The van der Waals surface area contributed by atoms with E-state index in [4.69, 9.17) is 20.4 Å². The van der Waals surface area contributed by atoms with Crippen LogP contribution in [0.1, 0.15) is 34.5 Å². The lowest BCUT2D eigenvalue weighted by molar-refractivity contribution is 0.0942. The van der Waals surface area contributed by atoms with Gasteiger partial charge in [0.1, 0.15) is 22.6 Å². The van der Waals surface area contributed by atoms with Gasteiger partial charge in [0.2, 0.25) is 0 Å². The molecule has 2 heterocycles. The Hall–Kier alpha value is -4.39. The smallest absolute Gasteiger partial charge is 0.257 e. The van der Waals surface area contributed by atoms with Gasteiger partial charge in [-0.2, -0.15) is 0 Å². The van der Waals surface area contributed by atoms with Crippen molar-refractivity contribution in [1.82, 2.24) is 19.9 Å². The van der Waals surface area contributed by atoms with Crippen molar-refractivity contribution in [2.45, 2.75) is 19.5 Å². The maximum atomic E-state index is 13.5. The summed E-state index contributed by atoms with van der Waals surface area (Å²) in [4.78, 5) is 23.1. The molecule has 0 aliphatic carbocycles. The number of ether oxygens (including phenoxy) is 1. The van der Waals surface area contributed by atoms with E-state index in [1.165, 1.54) is 0 Å². The van der Waals surface area contributed by atoms with Crippen LogP contribution in [0.5, 0.6) is 5.75 Å². The average Bonchev–Trinajstić information content (AvgIpc) is 3.13. The predicted molar refractivity (Wildman–Crippen MR) is 134 cm³/mol. The summed E-state index contributed by atoms with van der Waals surface area (Å²) in [6.07, 6.45) is 0. The highest BCUT2D eigenvalue weighted by Crippen LogP contribution is 2.30. The Bertz CT molecular complexity index is 1490. The van der Waals surface area contributed by atoms with Crippen molar-refractivity contribution < 1.29 is 9.53 Å². The number of aromatic nitrogens is 3. The number of benzene rings is 3. The molecule has 0 radical (unpaired) electrons. The molecule has 1 amide bonds. The maximum Gasteiger partial charge on any atom is 0.257 e. The van der Waals surface area contributed by atoms with E-state index in [9.17, 15) is 4.79 Å². The molecule has 3 N–H and O–H groups in total. The first-order valence-corrected chi connectivity index (χ1v) is 11.1. The molecule has 170 valence electrons. The minimum atomic E-state index is -0.290. The molecule has 1 atom stereocenters. The Kier molecular flexibility index (Phi) is 5.59. The van der Waals surface area contributed by atoms with Gasteiger partial charge in [0, 0.05) is 5.56 Å². The third kappa shape index (κ3) is 3.81. The predicted octanol–water partition coefficient (Wildman–Crippen LogP) is 4.71. The van der Waals surface area contributed by atoms with Crippen LogP contribution in [-0.2, 0) is 6.54 Å². The summed E-state index contributed by atoms with van der Waals surface area (Å²) >= 11 is 0. The van der Waals surface area contributed by atoms with Crippen LogP contribution in [0.25, 0.3) is 22.2 Å². The van der Waals surface area contributed by atoms with E-state index in [1.54, 1.807) is 7.11 Å². The lowest BCUT2D eigenvalue weighted by Crippen LogP contribution is -2.27. The van der Waals surface area contributed by atoms with Crippen LogP contribution in [0, 0.1) is 0 Å². The number of carbonyl (C=O) groups excluding carboxylic acids is 1. The number of para-hydroxylation sites is 3. The molecule has 0 aliphatic rings. The van der Waals surface area contributed by atoms with Crippen LogP contribution in [0.3, 0.4) is 0 Å². The zero-order valence-corrected chi connectivity index (χ0v) is 19.0. The van der Waals surface area contributed by atoms with Crippen LogP contribution in [0.15, 0.2) is 78.9 Å². The van der Waals surface area contributed by atoms with Gasteiger partial charge in [-0.25, -0.2) is 9.97 Å². The van der Waals surface area contributed by atoms with Crippen LogP contribution >= 0.6 is 0 Å². The number of amides is 1. The molecule has 0 aliphatic heterocycles. The third-order valence-electron chi connectivity index (χ3n) is 5.99. The SMILES string of the molecule is COc1ccccc1Cn1c(N)c(C(=O)N[C@H](C)c2ccccc2)c2nc3ccccc3nc21. The second kappa shape index (κ2) is 8.86. The zero-order valence-electron chi connectivity index (χ0n) is 19.0. The fraction of sp³-hybridized carbons (Fsp3) is 0.148. The van der Waals surface area contributed by atoms with Crippen molar-refractivity contribution in [2.75, 3.05) is 12.8 Å². The lowest BCUT2D eigenvalue weighted by atomic mass is 10.1. The van der Waals surface area contributed by atoms with Gasteiger partial charge in [-0.15, -0.1) is 0 Å². The monoisotopic (exact) mass is 451 g/mol.